The van der Waals surface area contributed by atoms with Gasteiger partial charge in [0.25, 0.3) is 0 Å². The Morgan fingerprint density at radius 1 is 0.440 bits per heavy atom. The SMILES string of the molecule is CCCCCCCCCCCCCC[Si](CCCC)(OCC)OCC. The summed E-state index contributed by atoms with van der Waals surface area (Å²) < 4.78 is 12.4. The molecule has 0 unspecified atom stereocenters. The van der Waals surface area contributed by atoms with Crippen LogP contribution in [0.1, 0.15) is 118 Å². The largest absolute Gasteiger partial charge is 0.394 e. The second kappa shape index (κ2) is 18.9. The van der Waals surface area contributed by atoms with Gasteiger partial charge in [-0.05, 0) is 25.9 Å². The maximum Gasteiger partial charge on any atom is 0.338 e. The second-order valence-corrected chi connectivity index (χ2v) is 10.9. The second-order valence-electron chi connectivity index (χ2n) is 7.52. The standard InChI is InChI=1S/C22H48O2Si/c1-5-9-11-12-13-14-15-16-17-18-19-20-22-25(23-7-3,24-8-4)21-10-6-2/h5-22H2,1-4H3. The highest BCUT2D eigenvalue weighted by Gasteiger charge is 2.35. The van der Waals surface area contributed by atoms with Gasteiger partial charge < -0.3 is 8.85 Å². The van der Waals surface area contributed by atoms with Gasteiger partial charge in [0.1, 0.15) is 0 Å². The molecular formula is C22H48O2Si. The molecule has 0 bridgehead atoms. The Balaban J connectivity index is 3.69. The molecule has 0 N–H and O–H groups in total. The third-order valence-corrected chi connectivity index (χ3v) is 9.00. The van der Waals surface area contributed by atoms with Gasteiger partial charge in [0.15, 0.2) is 0 Å². The minimum atomic E-state index is -1.91. The quantitative estimate of drug-likeness (QED) is 0.159. The van der Waals surface area contributed by atoms with E-state index in [1.54, 1.807) is 0 Å². The van der Waals surface area contributed by atoms with Gasteiger partial charge in [0.05, 0.1) is 0 Å². The molecule has 0 aromatic heterocycles. The predicted molar refractivity (Wildman–Crippen MR) is 115 cm³/mol. The lowest BCUT2D eigenvalue weighted by Crippen LogP contribution is -2.42. The number of hydrogen-bond donors (Lipinski definition) is 0. The van der Waals surface area contributed by atoms with Crippen molar-refractivity contribution in [2.75, 3.05) is 13.2 Å². The fraction of sp³-hybridized carbons (Fsp3) is 1.00. The molecule has 0 spiro atoms. The van der Waals surface area contributed by atoms with E-state index in [4.69, 9.17) is 8.85 Å². The van der Waals surface area contributed by atoms with Gasteiger partial charge in [-0.3, -0.25) is 0 Å². The first kappa shape index (κ1) is 25.1. The third-order valence-electron chi connectivity index (χ3n) is 5.14. The van der Waals surface area contributed by atoms with Crippen LogP contribution in [0.25, 0.3) is 0 Å². The van der Waals surface area contributed by atoms with Crippen LogP contribution in [0.5, 0.6) is 0 Å². The molecule has 2 nitrogen and oxygen atoms in total. The number of unbranched alkanes of at least 4 members (excludes halogenated alkanes) is 12. The van der Waals surface area contributed by atoms with Crippen molar-refractivity contribution in [2.45, 2.75) is 130 Å². The van der Waals surface area contributed by atoms with Crippen LogP contribution in [0, 0.1) is 0 Å². The highest BCUT2D eigenvalue weighted by molar-refractivity contribution is 6.67. The normalized spacial score (nSPS) is 12.0. The van der Waals surface area contributed by atoms with E-state index in [0.717, 1.165) is 13.2 Å². The Morgan fingerprint density at radius 2 is 0.800 bits per heavy atom. The topological polar surface area (TPSA) is 18.5 Å². The Labute approximate surface area is 160 Å². The summed E-state index contributed by atoms with van der Waals surface area (Å²) >= 11 is 0. The van der Waals surface area contributed by atoms with Crippen molar-refractivity contribution in [3.63, 3.8) is 0 Å². The van der Waals surface area contributed by atoms with Crippen molar-refractivity contribution in [3.8, 4) is 0 Å². The summed E-state index contributed by atoms with van der Waals surface area (Å²) in [6, 6.07) is 2.38. The lowest BCUT2D eigenvalue weighted by atomic mass is 10.1. The van der Waals surface area contributed by atoms with Crippen LogP contribution in [-0.2, 0) is 8.85 Å². The van der Waals surface area contributed by atoms with E-state index in [9.17, 15) is 0 Å². The summed E-state index contributed by atoms with van der Waals surface area (Å²) in [7, 11) is -1.91. The monoisotopic (exact) mass is 372 g/mol. The van der Waals surface area contributed by atoms with Gasteiger partial charge in [0, 0.05) is 13.2 Å². The van der Waals surface area contributed by atoms with Gasteiger partial charge >= 0.3 is 8.56 Å². The molecule has 0 heterocycles. The maximum absolute atomic E-state index is 6.19. The molecule has 0 aliphatic heterocycles. The molecule has 0 aliphatic carbocycles. The minimum Gasteiger partial charge on any atom is -0.394 e. The molecule has 0 amide bonds. The molecule has 0 aromatic rings. The van der Waals surface area contributed by atoms with Crippen LogP contribution in [-0.4, -0.2) is 21.8 Å². The molecule has 0 aliphatic rings. The maximum atomic E-state index is 6.19. The zero-order valence-corrected chi connectivity index (χ0v) is 19.0. The first-order valence-corrected chi connectivity index (χ1v) is 13.8. The van der Waals surface area contributed by atoms with Crippen molar-refractivity contribution < 1.29 is 8.85 Å². The van der Waals surface area contributed by atoms with E-state index in [1.165, 1.54) is 102 Å². The average Bonchev–Trinajstić information content (AvgIpc) is 2.61. The lowest BCUT2D eigenvalue weighted by Gasteiger charge is -2.30. The van der Waals surface area contributed by atoms with Crippen molar-refractivity contribution in [1.82, 2.24) is 0 Å². The van der Waals surface area contributed by atoms with Crippen molar-refractivity contribution in [1.29, 1.82) is 0 Å². The van der Waals surface area contributed by atoms with Gasteiger partial charge in [0.2, 0.25) is 0 Å². The Morgan fingerprint density at radius 3 is 1.20 bits per heavy atom. The molecule has 0 saturated heterocycles. The first-order valence-electron chi connectivity index (χ1n) is 11.5. The van der Waals surface area contributed by atoms with E-state index in [-0.39, 0.29) is 0 Å². The van der Waals surface area contributed by atoms with Crippen molar-refractivity contribution in [3.05, 3.63) is 0 Å². The summed E-state index contributed by atoms with van der Waals surface area (Å²) in [5.74, 6) is 0. The molecule has 152 valence electrons. The zero-order valence-electron chi connectivity index (χ0n) is 18.0. The summed E-state index contributed by atoms with van der Waals surface area (Å²) in [5.41, 5.74) is 0. The van der Waals surface area contributed by atoms with Gasteiger partial charge in [-0.15, -0.1) is 0 Å². The summed E-state index contributed by atoms with van der Waals surface area (Å²) in [5, 5.41) is 0. The van der Waals surface area contributed by atoms with Gasteiger partial charge in [-0.2, -0.15) is 0 Å². The van der Waals surface area contributed by atoms with Crippen molar-refractivity contribution in [2.24, 2.45) is 0 Å². The molecular weight excluding hydrogens is 324 g/mol. The van der Waals surface area contributed by atoms with Crippen LogP contribution in [0.2, 0.25) is 12.1 Å². The smallest absolute Gasteiger partial charge is 0.338 e. The molecule has 0 radical (unpaired) electrons. The fourth-order valence-corrected chi connectivity index (χ4v) is 7.31. The van der Waals surface area contributed by atoms with Crippen LogP contribution < -0.4 is 0 Å². The lowest BCUT2D eigenvalue weighted by molar-refractivity contribution is 0.180. The Hall–Kier alpha value is 0.137. The van der Waals surface area contributed by atoms with E-state index < -0.39 is 8.56 Å². The van der Waals surface area contributed by atoms with E-state index in [2.05, 4.69) is 27.7 Å². The molecule has 25 heavy (non-hydrogen) atoms. The van der Waals surface area contributed by atoms with Crippen LogP contribution >= 0.6 is 0 Å². The first-order chi connectivity index (χ1) is 12.2. The van der Waals surface area contributed by atoms with E-state index >= 15 is 0 Å². The summed E-state index contributed by atoms with van der Waals surface area (Å²) in [6.45, 7) is 10.4. The molecule has 0 atom stereocenters. The average molecular weight is 373 g/mol. The minimum absolute atomic E-state index is 0.814. The van der Waals surface area contributed by atoms with Gasteiger partial charge in [-0.25, -0.2) is 0 Å². The van der Waals surface area contributed by atoms with E-state index in [1.807, 2.05) is 0 Å². The van der Waals surface area contributed by atoms with Crippen LogP contribution in [0.4, 0.5) is 0 Å². The molecule has 0 fully saturated rings. The fourth-order valence-electron chi connectivity index (χ4n) is 3.66. The van der Waals surface area contributed by atoms with Crippen LogP contribution in [0.3, 0.4) is 0 Å². The highest BCUT2D eigenvalue weighted by Crippen LogP contribution is 2.25. The molecule has 3 heteroatoms. The van der Waals surface area contributed by atoms with Gasteiger partial charge in [-0.1, -0.05) is 104 Å². The number of hydrogen-bond acceptors (Lipinski definition) is 2. The number of rotatable bonds is 20. The van der Waals surface area contributed by atoms with Crippen LogP contribution in [0.15, 0.2) is 0 Å². The molecule has 0 rings (SSSR count). The summed E-state index contributed by atoms with van der Waals surface area (Å²) in [4.78, 5) is 0. The Bertz CT molecular complexity index is 252. The molecule has 0 aromatic carbocycles. The highest BCUT2D eigenvalue weighted by atomic mass is 28.4. The predicted octanol–water partition coefficient (Wildman–Crippen LogP) is 8.00. The summed E-state index contributed by atoms with van der Waals surface area (Å²) in [6.07, 6.45) is 19.4. The third kappa shape index (κ3) is 14.9. The van der Waals surface area contributed by atoms with Crippen molar-refractivity contribution >= 4 is 8.56 Å². The Kier molecular flexibility index (Phi) is 19.0. The molecule has 0 saturated carbocycles. The van der Waals surface area contributed by atoms with E-state index in [0.29, 0.717) is 0 Å². The zero-order chi connectivity index (χ0) is 18.6.